The monoisotopic (exact) mass is 529 g/mol. The van der Waals surface area contributed by atoms with Crippen molar-refractivity contribution in [2.75, 3.05) is 18.5 Å². The van der Waals surface area contributed by atoms with Crippen LogP contribution in [0, 0.1) is 13.8 Å². The molecule has 0 fully saturated rings. The zero-order chi connectivity index (χ0) is 26.7. The highest BCUT2D eigenvalue weighted by molar-refractivity contribution is 7.15. The molecule has 0 spiro atoms. The number of hydrazone groups is 1. The van der Waals surface area contributed by atoms with Gasteiger partial charge in [-0.1, -0.05) is 59.4 Å². The van der Waals surface area contributed by atoms with Crippen LogP contribution in [0.3, 0.4) is 0 Å². The number of hydrogen-bond acceptors (Lipinski definition) is 8. The first kappa shape index (κ1) is 26.5. The van der Waals surface area contributed by atoms with E-state index in [4.69, 9.17) is 9.47 Å². The van der Waals surface area contributed by atoms with E-state index in [1.807, 2.05) is 74.5 Å². The van der Waals surface area contributed by atoms with Gasteiger partial charge in [0, 0.05) is 11.1 Å². The number of aryl methyl sites for hydroxylation is 2. The molecule has 0 radical (unpaired) electrons. The quantitative estimate of drug-likeness (QED) is 0.167. The van der Waals surface area contributed by atoms with Crippen LogP contribution in [0.4, 0.5) is 5.13 Å². The Kier molecular flexibility index (Phi) is 9.14. The molecule has 4 aromatic rings. The molecule has 38 heavy (non-hydrogen) atoms. The molecule has 194 valence electrons. The summed E-state index contributed by atoms with van der Waals surface area (Å²) in [5, 5.41) is 15.5. The molecule has 0 saturated carbocycles. The number of nitrogens with one attached hydrogen (secondary N) is 2. The molecule has 0 unspecified atom stereocenters. The maximum atomic E-state index is 12.4. The van der Waals surface area contributed by atoms with E-state index in [2.05, 4.69) is 26.0 Å². The van der Waals surface area contributed by atoms with Crippen molar-refractivity contribution in [3.63, 3.8) is 0 Å². The Balaban J connectivity index is 1.23. The normalized spacial score (nSPS) is 10.8. The lowest BCUT2D eigenvalue weighted by atomic mass is 10.1. The first-order chi connectivity index (χ1) is 18.5. The van der Waals surface area contributed by atoms with Gasteiger partial charge in [0.05, 0.1) is 12.6 Å². The number of carbonyl (C=O) groups is 2. The van der Waals surface area contributed by atoms with Gasteiger partial charge in [-0.25, -0.2) is 5.43 Å². The fourth-order valence-corrected chi connectivity index (χ4v) is 4.12. The summed E-state index contributed by atoms with van der Waals surface area (Å²) in [6.45, 7) is 4.62. The minimum Gasteiger partial charge on any atom is -0.490 e. The predicted octanol–water partition coefficient (Wildman–Crippen LogP) is 4.56. The number of anilines is 1. The Morgan fingerprint density at radius 2 is 1.66 bits per heavy atom. The summed E-state index contributed by atoms with van der Waals surface area (Å²) in [5.74, 6) is 0.769. The average Bonchev–Trinajstić information content (AvgIpc) is 3.35. The Morgan fingerprint density at radius 1 is 0.921 bits per heavy atom. The Bertz CT molecular complexity index is 1420. The van der Waals surface area contributed by atoms with Crippen molar-refractivity contribution in [1.82, 2.24) is 15.6 Å². The zero-order valence-corrected chi connectivity index (χ0v) is 21.8. The predicted molar refractivity (Wildman–Crippen MR) is 147 cm³/mol. The number of hydrogen-bond donors (Lipinski definition) is 2. The van der Waals surface area contributed by atoms with Crippen molar-refractivity contribution < 1.29 is 19.1 Å². The van der Waals surface area contributed by atoms with E-state index in [9.17, 15) is 9.59 Å². The van der Waals surface area contributed by atoms with Gasteiger partial charge in [-0.05, 0) is 49.7 Å². The van der Waals surface area contributed by atoms with E-state index in [1.165, 1.54) is 11.8 Å². The lowest BCUT2D eigenvalue weighted by Crippen LogP contribution is -2.19. The second-order valence-corrected chi connectivity index (χ2v) is 9.35. The van der Waals surface area contributed by atoms with Crippen LogP contribution in [-0.4, -0.2) is 41.4 Å². The van der Waals surface area contributed by atoms with E-state index < -0.39 is 0 Å². The summed E-state index contributed by atoms with van der Waals surface area (Å²) < 4.78 is 11.5. The standard InChI is InChI=1S/C28H27N5O4S/c1-19-11-13-22(14-12-19)36-15-16-37-24-10-6-4-8-21(24)18-29-31-25(34)17-26-32-33-28(38-26)30-27(35)23-9-5-3-7-20(23)2/h3-14,18H,15-17H2,1-2H3,(H,31,34)(H,30,33,35)/b29-18+. The molecule has 1 heterocycles. The van der Waals surface area contributed by atoms with Crippen LogP contribution in [0.5, 0.6) is 11.5 Å². The summed E-state index contributed by atoms with van der Waals surface area (Å²) in [5.41, 5.74) is 5.78. The third kappa shape index (κ3) is 7.71. The van der Waals surface area contributed by atoms with Gasteiger partial charge < -0.3 is 9.47 Å². The van der Waals surface area contributed by atoms with E-state index in [1.54, 1.807) is 12.1 Å². The highest BCUT2D eigenvalue weighted by Gasteiger charge is 2.13. The maximum Gasteiger partial charge on any atom is 0.257 e. The van der Waals surface area contributed by atoms with Crippen molar-refractivity contribution in [1.29, 1.82) is 0 Å². The summed E-state index contributed by atoms with van der Waals surface area (Å²) in [6, 6.07) is 22.4. The second kappa shape index (κ2) is 13.1. The molecule has 2 N–H and O–H groups in total. The summed E-state index contributed by atoms with van der Waals surface area (Å²) in [7, 11) is 0. The van der Waals surface area contributed by atoms with Gasteiger partial charge in [-0.2, -0.15) is 5.10 Å². The molecular weight excluding hydrogens is 502 g/mol. The van der Waals surface area contributed by atoms with Gasteiger partial charge in [0.25, 0.3) is 5.91 Å². The molecule has 1 aromatic heterocycles. The van der Waals surface area contributed by atoms with Crippen LogP contribution < -0.4 is 20.2 Å². The van der Waals surface area contributed by atoms with E-state index in [-0.39, 0.29) is 18.2 Å². The van der Waals surface area contributed by atoms with Crippen LogP contribution in [0.1, 0.15) is 32.1 Å². The SMILES string of the molecule is Cc1ccc(OCCOc2ccccc2/C=N/NC(=O)Cc2nnc(NC(=O)c3ccccc3C)s2)cc1. The van der Waals surface area contributed by atoms with Crippen LogP contribution >= 0.6 is 11.3 Å². The van der Waals surface area contributed by atoms with Gasteiger partial charge in [0.15, 0.2) is 0 Å². The number of aromatic nitrogens is 2. The Labute approximate surface area is 224 Å². The van der Waals surface area contributed by atoms with E-state index in [0.717, 1.165) is 22.6 Å². The lowest BCUT2D eigenvalue weighted by molar-refractivity contribution is -0.120. The summed E-state index contributed by atoms with van der Waals surface area (Å²) in [4.78, 5) is 24.8. The molecule has 10 heteroatoms. The van der Waals surface area contributed by atoms with Gasteiger partial charge in [0.2, 0.25) is 11.0 Å². The zero-order valence-electron chi connectivity index (χ0n) is 21.0. The number of ether oxygens (including phenoxy) is 2. The minimum atomic E-state index is -0.362. The molecule has 0 saturated heterocycles. The van der Waals surface area contributed by atoms with Crippen LogP contribution in [0.2, 0.25) is 0 Å². The average molecular weight is 530 g/mol. The molecule has 0 aliphatic carbocycles. The molecule has 0 atom stereocenters. The van der Waals surface area contributed by atoms with Gasteiger partial charge in [-0.3, -0.25) is 14.9 Å². The van der Waals surface area contributed by atoms with E-state index in [0.29, 0.717) is 40.2 Å². The molecule has 0 bridgehead atoms. The smallest absolute Gasteiger partial charge is 0.257 e. The number of rotatable bonds is 11. The molecule has 4 rings (SSSR count). The van der Waals surface area contributed by atoms with Crippen LogP contribution in [-0.2, 0) is 11.2 Å². The first-order valence-electron chi connectivity index (χ1n) is 11.9. The molecule has 9 nitrogen and oxygen atoms in total. The van der Waals surface area contributed by atoms with E-state index >= 15 is 0 Å². The van der Waals surface area contributed by atoms with Crippen LogP contribution in [0.15, 0.2) is 77.9 Å². The molecule has 2 amide bonds. The fourth-order valence-electron chi connectivity index (χ4n) is 3.38. The van der Waals surface area contributed by atoms with Crippen molar-refractivity contribution >= 4 is 34.5 Å². The molecular formula is C28H27N5O4S. The highest BCUT2D eigenvalue weighted by atomic mass is 32.1. The number of para-hydroxylation sites is 1. The maximum absolute atomic E-state index is 12.4. The number of benzene rings is 3. The Morgan fingerprint density at radius 3 is 2.47 bits per heavy atom. The van der Waals surface area contributed by atoms with Crippen molar-refractivity contribution in [3.05, 3.63) is 100 Å². The molecule has 3 aromatic carbocycles. The second-order valence-electron chi connectivity index (χ2n) is 8.29. The first-order valence-corrected chi connectivity index (χ1v) is 12.7. The third-order valence-electron chi connectivity index (χ3n) is 5.33. The fraction of sp³-hybridized carbons (Fsp3) is 0.179. The number of nitrogens with zero attached hydrogens (tertiary/aromatic N) is 3. The largest absolute Gasteiger partial charge is 0.490 e. The minimum absolute atomic E-state index is 0.0241. The highest BCUT2D eigenvalue weighted by Crippen LogP contribution is 2.18. The summed E-state index contributed by atoms with van der Waals surface area (Å²) in [6.07, 6.45) is 1.49. The third-order valence-corrected chi connectivity index (χ3v) is 6.17. The molecule has 0 aliphatic rings. The van der Waals surface area contributed by atoms with Crippen LogP contribution in [0.25, 0.3) is 0 Å². The van der Waals surface area contributed by atoms with Crippen molar-refractivity contribution in [2.45, 2.75) is 20.3 Å². The number of amides is 2. The lowest BCUT2D eigenvalue weighted by Gasteiger charge is -2.10. The number of carbonyl (C=O) groups excluding carboxylic acids is 2. The van der Waals surface area contributed by atoms with Crippen molar-refractivity contribution in [2.24, 2.45) is 5.10 Å². The summed E-state index contributed by atoms with van der Waals surface area (Å²) >= 11 is 1.13. The topological polar surface area (TPSA) is 115 Å². The Hall–Kier alpha value is -4.57. The van der Waals surface area contributed by atoms with Gasteiger partial charge in [0.1, 0.15) is 29.7 Å². The van der Waals surface area contributed by atoms with Crippen molar-refractivity contribution in [3.8, 4) is 11.5 Å². The molecule has 0 aliphatic heterocycles. The van der Waals surface area contributed by atoms with Gasteiger partial charge >= 0.3 is 0 Å². The van der Waals surface area contributed by atoms with Gasteiger partial charge in [-0.15, -0.1) is 10.2 Å².